The highest BCUT2D eigenvalue weighted by Gasteiger charge is 2.16. The van der Waals surface area contributed by atoms with Crippen LogP contribution in [0.3, 0.4) is 0 Å². The average molecular weight is 295 g/mol. The van der Waals surface area contributed by atoms with Crippen LogP contribution >= 0.6 is 34.3 Å². The number of thiazole rings is 1. The van der Waals surface area contributed by atoms with Crippen LogP contribution in [0.15, 0.2) is 27.2 Å². The van der Waals surface area contributed by atoms with E-state index in [1.807, 2.05) is 16.8 Å². The van der Waals surface area contributed by atoms with Crippen LogP contribution < -0.4 is 4.72 Å². The molecule has 4 nitrogen and oxygen atoms in total. The minimum absolute atomic E-state index is 0.132. The first kappa shape index (κ1) is 12.0. The van der Waals surface area contributed by atoms with E-state index in [9.17, 15) is 8.42 Å². The van der Waals surface area contributed by atoms with Crippen LogP contribution in [0.4, 0.5) is 0 Å². The Labute approximate surface area is 106 Å². The third-order valence-electron chi connectivity index (χ3n) is 1.77. The molecule has 0 aliphatic heterocycles. The number of hydrogen-bond donors (Lipinski definition) is 1. The minimum Gasteiger partial charge on any atom is -0.232 e. The molecule has 0 aromatic carbocycles. The number of rotatable bonds is 4. The summed E-state index contributed by atoms with van der Waals surface area (Å²) in [5.74, 6) is 0. The summed E-state index contributed by atoms with van der Waals surface area (Å²) in [6.07, 6.45) is 1.25. The van der Waals surface area contributed by atoms with Crippen LogP contribution in [0.25, 0.3) is 0 Å². The van der Waals surface area contributed by atoms with Crippen LogP contribution in [0, 0.1) is 0 Å². The molecule has 2 rings (SSSR count). The first-order chi connectivity index (χ1) is 7.58. The molecule has 2 aromatic heterocycles. The number of sulfonamides is 1. The lowest BCUT2D eigenvalue weighted by molar-refractivity contribution is 0.583. The molecule has 0 radical (unpaired) electrons. The zero-order chi connectivity index (χ0) is 11.6. The Balaban J connectivity index is 2.09. The van der Waals surface area contributed by atoms with Gasteiger partial charge in [-0.05, 0) is 22.4 Å². The molecule has 2 heterocycles. The molecule has 0 fully saturated rings. The van der Waals surface area contributed by atoms with E-state index in [0.29, 0.717) is 0 Å². The van der Waals surface area contributed by atoms with Gasteiger partial charge in [-0.1, -0.05) is 22.9 Å². The van der Waals surface area contributed by atoms with Gasteiger partial charge >= 0.3 is 0 Å². The summed E-state index contributed by atoms with van der Waals surface area (Å²) in [6.45, 7) is 0.279. The zero-order valence-corrected chi connectivity index (χ0v) is 11.1. The number of aromatic nitrogens is 1. The topological polar surface area (TPSA) is 59.1 Å². The third kappa shape index (κ3) is 2.80. The van der Waals surface area contributed by atoms with Crippen molar-refractivity contribution in [1.29, 1.82) is 0 Å². The fourth-order valence-electron chi connectivity index (χ4n) is 1.01. The van der Waals surface area contributed by atoms with E-state index in [0.717, 1.165) is 16.9 Å². The predicted molar refractivity (Wildman–Crippen MR) is 65.5 cm³/mol. The maximum Gasteiger partial charge on any atom is 0.252 e. The Morgan fingerprint density at radius 1 is 1.50 bits per heavy atom. The van der Waals surface area contributed by atoms with Gasteiger partial charge in [-0.3, -0.25) is 0 Å². The molecule has 86 valence electrons. The molecule has 0 amide bonds. The summed E-state index contributed by atoms with van der Waals surface area (Å²) in [6, 6.07) is 1.87. The molecule has 0 unspecified atom stereocenters. The highest BCUT2D eigenvalue weighted by atomic mass is 35.5. The van der Waals surface area contributed by atoms with Crippen molar-refractivity contribution in [3.05, 3.63) is 33.1 Å². The number of hydrogen-bond acceptors (Lipinski definition) is 5. The molecular formula is C8H7ClN2O2S3. The summed E-state index contributed by atoms with van der Waals surface area (Å²) in [5, 5.41) is 3.79. The molecule has 0 aliphatic rings. The molecule has 0 aliphatic carbocycles. The van der Waals surface area contributed by atoms with Gasteiger partial charge in [0.25, 0.3) is 10.0 Å². The smallest absolute Gasteiger partial charge is 0.232 e. The molecule has 0 atom stereocenters. The maximum absolute atomic E-state index is 11.7. The number of halogens is 1. The van der Waals surface area contributed by atoms with Crippen molar-refractivity contribution in [2.45, 2.75) is 10.8 Å². The van der Waals surface area contributed by atoms with Gasteiger partial charge < -0.3 is 0 Å². The Morgan fingerprint density at radius 3 is 2.88 bits per heavy atom. The standard InChI is InChI=1S/C8H7ClN2O2S3/c9-8-10-4-7(15-8)16(12,13)11-3-6-1-2-14-5-6/h1-2,4-5,11H,3H2. The second-order valence-corrected chi connectivity index (χ2v) is 7.27. The fraction of sp³-hybridized carbons (Fsp3) is 0.125. The third-order valence-corrected chi connectivity index (χ3v) is 5.48. The number of thiophene rings is 1. The van der Waals surface area contributed by atoms with E-state index in [1.165, 1.54) is 17.5 Å². The fourth-order valence-corrected chi connectivity index (χ4v) is 4.03. The highest BCUT2D eigenvalue weighted by molar-refractivity contribution is 7.91. The van der Waals surface area contributed by atoms with Gasteiger partial charge in [0, 0.05) is 6.54 Å². The number of nitrogens with zero attached hydrogens (tertiary/aromatic N) is 1. The van der Waals surface area contributed by atoms with Crippen LogP contribution in [0.2, 0.25) is 4.47 Å². The average Bonchev–Trinajstić information content (AvgIpc) is 2.85. The van der Waals surface area contributed by atoms with Crippen LogP contribution in [-0.4, -0.2) is 13.4 Å². The Morgan fingerprint density at radius 2 is 2.31 bits per heavy atom. The second-order valence-electron chi connectivity index (χ2n) is 2.89. The molecule has 2 aromatic rings. The largest absolute Gasteiger partial charge is 0.252 e. The van der Waals surface area contributed by atoms with Crippen molar-refractivity contribution in [2.24, 2.45) is 0 Å². The van der Waals surface area contributed by atoms with Gasteiger partial charge in [-0.25, -0.2) is 18.1 Å². The molecule has 16 heavy (non-hydrogen) atoms. The quantitative estimate of drug-likeness (QED) is 0.941. The normalized spacial score (nSPS) is 11.8. The summed E-state index contributed by atoms with van der Waals surface area (Å²) >= 11 is 8.05. The van der Waals surface area contributed by atoms with Crippen molar-refractivity contribution >= 4 is 44.3 Å². The lowest BCUT2D eigenvalue weighted by atomic mass is 10.4. The Bertz CT molecular complexity index is 562. The molecule has 8 heteroatoms. The number of nitrogens with one attached hydrogen (secondary N) is 1. The molecule has 0 spiro atoms. The van der Waals surface area contributed by atoms with Gasteiger partial charge in [-0.15, -0.1) is 0 Å². The summed E-state index contributed by atoms with van der Waals surface area (Å²) in [7, 11) is -3.49. The van der Waals surface area contributed by atoms with Crippen LogP contribution in [-0.2, 0) is 16.6 Å². The zero-order valence-electron chi connectivity index (χ0n) is 7.88. The van der Waals surface area contributed by atoms with Crippen molar-refractivity contribution in [2.75, 3.05) is 0 Å². The van der Waals surface area contributed by atoms with Gasteiger partial charge in [-0.2, -0.15) is 11.3 Å². The summed E-state index contributed by atoms with van der Waals surface area (Å²) < 4.78 is 26.3. The van der Waals surface area contributed by atoms with Gasteiger partial charge in [0.2, 0.25) is 0 Å². The van der Waals surface area contributed by atoms with E-state index in [4.69, 9.17) is 11.6 Å². The maximum atomic E-state index is 11.7. The summed E-state index contributed by atoms with van der Waals surface area (Å²) in [5.41, 5.74) is 0.934. The lowest BCUT2D eigenvalue weighted by Crippen LogP contribution is -2.22. The van der Waals surface area contributed by atoms with Gasteiger partial charge in [0.05, 0.1) is 6.20 Å². The molecule has 1 N–H and O–H groups in total. The van der Waals surface area contributed by atoms with Crippen molar-refractivity contribution in [3.63, 3.8) is 0 Å². The first-order valence-corrected chi connectivity index (χ1v) is 7.82. The molecular weight excluding hydrogens is 288 g/mol. The van der Waals surface area contributed by atoms with E-state index in [-0.39, 0.29) is 15.2 Å². The van der Waals surface area contributed by atoms with Crippen LogP contribution in [0.5, 0.6) is 0 Å². The van der Waals surface area contributed by atoms with E-state index in [1.54, 1.807) is 0 Å². The monoisotopic (exact) mass is 294 g/mol. The second kappa shape index (κ2) is 4.80. The lowest BCUT2D eigenvalue weighted by Gasteiger charge is -2.01. The van der Waals surface area contributed by atoms with E-state index >= 15 is 0 Å². The Hall–Kier alpha value is -0.470. The highest BCUT2D eigenvalue weighted by Crippen LogP contribution is 2.22. The molecule has 0 saturated heterocycles. The Kier molecular flexibility index (Phi) is 3.60. The van der Waals surface area contributed by atoms with Crippen LogP contribution in [0.1, 0.15) is 5.56 Å². The predicted octanol–water partition coefficient (Wildman–Crippen LogP) is 2.34. The summed E-state index contributed by atoms with van der Waals surface area (Å²) in [4.78, 5) is 3.69. The molecule has 0 bridgehead atoms. The van der Waals surface area contributed by atoms with Gasteiger partial charge in [0.1, 0.15) is 0 Å². The van der Waals surface area contributed by atoms with E-state index < -0.39 is 10.0 Å². The van der Waals surface area contributed by atoms with Crippen molar-refractivity contribution < 1.29 is 8.42 Å². The van der Waals surface area contributed by atoms with Gasteiger partial charge in [0.15, 0.2) is 8.68 Å². The van der Waals surface area contributed by atoms with Crippen molar-refractivity contribution in [1.82, 2.24) is 9.71 Å². The minimum atomic E-state index is -3.49. The SMILES string of the molecule is O=S(=O)(NCc1ccsc1)c1cnc(Cl)s1. The van der Waals surface area contributed by atoms with Crippen molar-refractivity contribution in [3.8, 4) is 0 Å². The molecule has 0 saturated carbocycles. The van der Waals surface area contributed by atoms with E-state index in [2.05, 4.69) is 9.71 Å². The first-order valence-electron chi connectivity index (χ1n) is 4.20.